The lowest BCUT2D eigenvalue weighted by Gasteiger charge is -2.36. The average molecular weight is 570 g/mol. The van der Waals surface area contributed by atoms with Gasteiger partial charge in [0.2, 0.25) is 6.71 Å². The molecule has 0 unspecified atom stereocenters. The Morgan fingerprint density at radius 2 is 0.907 bits per heavy atom. The fraction of sp³-hybridized carbons (Fsp3) is 0.100. The first kappa shape index (κ1) is 27.2. The molecule has 43 heavy (non-hydrogen) atoms. The molecule has 0 aliphatic carbocycles. The van der Waals surface area contributed by atoms with E-state index in [9.17, 15) is 0 Å². The number of aryl methyl sites for hydroxylation is 4. The zero-order chi connectivity index (χ0) is 29.6. The summed E-state index contributed by atoms with van der Waals surface area (Å²) in [5.74, 6) is 0. The molecule has 0 amide bonds. The van der Waals surface area contributed by atoms with Crippen molar-refractivity contribution in [3.63, 3.8) is 0 Å². The van der Waals surface area contributed by atoms with E-state index in [0.29, 0.717) is 0 Å². The SMILES string of the molecule is Cc1cc(C)c(B2c3cc(C)ccc3Nc3ccc([Si](c4ccccc4)(c4ccccc4)c4ccccc4)cc32)c(C)c1. The Labute approximate surface area is 257 Å². The monoisotopic (exact) mass is 569 g/mol. The van der Waals surface area contributed by atoms with Gasteiger partial charge in [0, 0.05) is 11.4 Å². The van der Waals surface area contributed by atoms with Crippen LogP contribution in [-0.2, 0) is 0 Å². The quantitative estimate of drug-likeness (QED) is 0.231. The van der Waals surface area contributed by atoms with Crippen molar-refractivity contribution >= 4 is 63.3 Å². The molecule has 0 saturated carbocycles. The van der Waals surface area contributed by atoms with E-state index in [0.717, 1.165) is 0 Å². The van der Waals surface area contributed by atoms with Crippen LogP contribution < -0.4 is 42.5 Å². The van der Waals surface area contributed by atoms with Crippen molar-refractivity contribution in [2.45, 2.75) is 27.7 Å². The highest BCUT2D eigenvalue weighted by atomic mass is 28.3. The third kappa shape index (κ3) is 4.56. The molecule has 6 aromatic carbocycles. The molecule has 3 heteroatoms. The van der Waals surface area contributed by atoms with Crippen molar-refractivity contribution in [3.05, 3.63) is 162 Å². The van der Waals surface area contributed by atoms with Gasteiger partial charge in [0.05, 0.1) is 0 Å². The lowest BCUT2D eigenvalue weighted by atomic mass is 9.34. The molecule has 1 N–H and O–H groups in total. The van der Waals surface area contributed by atoms with Gasteiger partial charge in [0.25, 0.3) is 0 Å². The summed E-state index contributed by atoms with van der Waals surface area (Å²) in [7, 11) is -2.66. The van der Waals surface area contributed by atoms with Crippen molar-refractivity contribution < 1.29 is 0 Å². The molecule has 1 heterocycles. The molecular formula is C40H36BNSi. The maximum Gasteiger partial charge on any atom is 0.247 e. The molecule has 1 aliphatic heterocycles. The van der Waals surface area contributed by atoms with Gasteiger partial charge in [0.1, 0.15) is 0 Å². The van der Waals surface area contributed by atoms with Crippen LogP contribution in [0.5, 0.6) is 0 Å². The van der Waals surface area contributed by atoms with Gasteiger partial charge in [-0.3, -0.25) is 0 Å². The minimum atomic E-state index is -2.66. The Balaban J connectivity index is 1.57. The topological polar surface area (TPSA) is 12.0 Å². The minimum absolute atomic E-state index is 0.140. The van der Waals surface area contributed by atoms with Gasteiger partial charge in [0.15, 0.2) is 8.07 Å². The molecule has 0 saturated heterocycles. The second-order valence-corrected chi connectivity index (χ2v) is 15.9. The summed E-state index contributed by atoms with van der Waals surface area (Å²) in [4.78, 5) is 0. The van der Waals surface area contributed by atoms with Gasteiger partial charge in [-0.15, -0.1) is 0 Å². The predicted molar refractivity (Wildman–Crippen MR) is 190 cm³/mol. The Hall–Kier alpha value is -4.60. The van der Waals surface area contributed by atoms with Crippen molar-refractivity contribution in [2.24, 2.45) is 0 Å². The summed E-state index contributed by atoms with van der Waals surface area (Å²) in [6, 6.07) is 52.5. The van der Waals surface area contributed by atoms with Crippen LogP contribution in [0.15, 0.2) is 140 Å². The Morgan fingerprint density at radius 3 is 1.42 bits per heavy atom. The van der Waals surface area contributed by atoms with E-state index in [1.54, 1.807) is 0 Å². The standard InChI is InChI=1S/C40H36BNSi/c1-28-20-22-38-36(26-28)41(40-30(3)24-29(2)25-31(40)4)37-27-35(21-23-39(37)42-38)43(32-14-8-5-9-15-32,33-16-10-6-11-17-33)34-18-12-7-13-19-34/h5-27,42H,1-4H3. The van der Waals surface area contributed by atoms with Crippen molar-refractivity contribution in [3.8, 4) is 0 Å². The molecule has 208 valence electrons. The van der Waals surface area contributed by atoms with Gasteiger partial charge >= 0.3 is 0 Å². The third-order valence-electron chi connectivity index (χ3n) is 9.23. The zero-order valence-electron chi connectivity index (χ0n) is 25.4. The smallest absolute Gasteiger partial charge is 0.247 e. The van der Waals surface area contributed by atoms with Crippen LogP contribution >= 0.6 is 0 Å². The average Bonchev–Trinajstić information content (AvgIpc) is 3.02. The molecule has 0 fully saturated rings. The zero-order valence-corrected chi connectivity index (χ0v) is 26.4. The minimum Gasteiger partial charge on any atom is -0.356 e. The number of hydrogen-bond donors (Lipinski definition) is 1. The maximum absolute atomic E-state index is 3.83. The molecular weight excluding hydrogens is 533 g/mol. The van der Waals surface area contributed by atoms with E-state index in [4.69, 9.17) is 0 Å². The number of rotatable bonds is 5. The van der Waals surface area contributed by atoms with Crippen LogP contribution in [0.4, 0.5) is 11.4 Å². The van der Waals surface area contributed by atoms with Gasteiger partial charge in [-0.2, -0.15) is 0 Å². The number of hydrogen-bond acceptors (Lipinski definition) is 1. The lowest BCUT2D eigenvalue weighted by Crippen LogP contribution is -2.75. The summed E-state index contributed by atoms with van der Waals surface area (Å²) in [5, 5.41) is 9.42. The van der Waals surface area contributed by atoms with E-state index < -0.39 is 8.07 Å². The fourth-order valence-corrected chi connectivity index (χ4v) is 12.3. The number of nitrogens with one attached hydrogen (secondary N) is 1. The summed E-state index contributed by atoms with van der Waals surface area (Å²) >= 11 is 0. The van der Waals surface area contributed by atoms with Crippen molar-refractivity contribution in [1.29, 1.82) is 0 Å². The number of fused-ring (bicyclic) bond motifs is 2. The van der Waals surface area contributed by atoms with Crippen LogP contribution in [0, 0.1) is 27.7 Å². The van der Waals surface area contributed by atoms with Gasteiger partial charge in [-0.05, 0) is 71.5 Å². The molecule has 0 radical (unpaired) electrons. The summed E-state index contributed by atoms with van der Waals surface area (Å²) in [6.45, 7) is 9.12. The van der Waals surface area contributed by atoms with Crippen LogP contribution in [0.25, 0.3) is 0 Å². The molecule has 0 spiro atoms. The third-order valence-corrected chi connectivity index (χ3v) is 14.0. The van der Waals surface area contributed by atoms with Crippen molar-refractivity contribution in [1.82, 2.24) is 0 Å². The summed E-state index contributed by atoms with van der Waals surface area (Å²) < 4.78 is 0. The molecule has 6 aromatic rings. The van der Waals surface area contributed by atoms with E-state index in [-0.39, 0.29) is 6.71 Å². The highest BCUT2D eigenvalue weighted by molar-refractivity contribution is 7.20. The molecule has 0 aromatic heterocycles. The normalized spacial score (nSPS) is 12.3. The van der Waals surface area contributed by atoms with E-state index >= 15 is 0 Å². The van der Waals surface area contributed by atoms with Crippen LogP contribution in [0.2, 0.25) is 0 Å². The molecule has 7 rings (SSSR count). The largest absolute Gasteiger partial charge is 0.356 e. The van der Waals surface area contributed by atoms with Gasteiger partial charge in [-0.1, -0.05) is 155 Å². The Morgan fingerprint density at radius 1 is 0.442 bits per heavy atom. The van der Waals surface area contributed by atoms with Crippen LogP contribution in [0.1, 0.15) is 22.3 Å². The highest BCUT2D eigenvalue weighted by Crippen LogP contribution is 2.23. The van der Waals surface area contributed by atoms with Gasteiger partial charge in [-0.25, -0.2) is 0 Å². The first-order valence-electron chi connectivity index (χ1n) is 15.2. The van der Waals surface area contributed by atoms with Crippen LogP contribution in [0.3, 0.4) is 0 Å². The van der Waals surface area contributed by atoms with E-state index in [1.807, 2.05) is 0 Å². The lowest BCUT2D eigenvalue weighted by molar-refractivity contribution is 1.35. The van der Waals surface area contributed by atoms with E-state index in [2.05, 4.69) is 173 Å². The number of benzene rings is 6. The van der Waals surface area contributed by atoms with Gasteiger partial charge < -0.3 is 5.32 Å². The maximum atomic E-state index is 3.83. The fourth-order valence-electron chi connectivity index (χ4n) is 7.52. The predicted octanol–water partition coefficient (Wildman–Crippen LogP) is 4.87. The van der Waals surface area contributed by atoms with E-state index in [1.165, 1.54) is 70.8 Å². The van der Waals surface area contributed by atoms with Crippen molar-refractivity contribution in [2.75, 3.05) is 5.32 Å². The summed E-state index contributed by atoms with van der Waals surface area (Å²) in [6.07, 6.45) is 0. The Kier molecular flexibility index (Phi) is 6.91. The first-order chi connectivity index (χ1) is 21.0. The Bertz CT molecular complexity index is 1810. The second-order valence-electron chi connectivity index (χ2n) is 12.1. The highest BCUT2D eigenvalue weighted by Gasteiger charge is 2.43. The molecule has 0 atom stereocenters. The molecule has 1 aliphatic rings. The first-order valence-corrected chi connectivity index (χ1v) is 17.2. The second kappa shape index (κ2) is 10.9. The number of anilines is 2. The summed E-state index contributed by atoms with van der Waals surface area (Å²) in [5.41, 5.74) is 11.8. The molecule has 0 bridgehead atoms. The molecule has 1 nitrogen and oxygen atoms in total. The van der Waals surface area contributed by atoms with Crippen LogP contribution in [-0.4, -0.2) is 14.8 Å².